The van der Waals surface area contributed by atoms with Crippen LogP contribution in [0, 0.1) is 5.92 Å². The van der Waals surface area contributed by atoms with E-state index in [1.807, 2.05) is 24.3 Å². The second-order valence-electron chi connectivity index (χ2n) is 8.93. The molecule has 0 bridgehead atoms. The SMILES string of the molecule is COCCOC(=O)N(C1CCCC(CC(=O)O)C1)N(C)S(=O)(=O)c1ccc(-c2ccc(OC)cc2)cc1. The molecule has 202 valence electrons. The molecule has 2 aromatic rings. The van der Waals surface area contributed by atoms with Crippen molar-refractivity contribution in [1.29, 1.82) is 0 Å². The van der Waals surface area contributed by atoms with Gasteiger partial charge in [0.2, 0.25) is 0 Å². The normalized spacial score (nSPS) is 17.8. The van der Waals surface area contributed by atoms with Crippen LogP contribution in [0.15, 0.2) is 53.4 Å². The molecule has 3 rings (SSSR count). The molecule has 1 aliphatic carbocycles. The average molecular weight is 535 g/mol. The van der Waals surface area contributed by atoms with Crippen molar-refractivity contribution in [3.8, 4) is 16.9 Å². The molecule has 0 heterocycles. The molecular weight excluding hydrogens is 500 g/mol. The van der Waals surface area contributed by atoms with Gasteiger partial charge in [0.1, 0.15) is 12.4 Å². The smallest absolute Gasteiger partial charge is 0.425 e. The quantitative estimate of drug-likeness (QED) is 0.339. The van der Waals surface area contributed by atoms with Crippen LogP contribution in [0.4, 0.5) is 4.79 Å². The summed E-state index contributed by atoms with van der Waals surface area (Å²) < 4.78 is 43.5. The van der Waals surface area contributed by atoms with Crippen LogP contribution in [0.1, 0.15) is 32.1 Å². The third-order valence-electron chi connectivity index (χ3n) is 6.49. The van der Waals surface area contributed by atoms with E-state index in [4.69, 9.17) is 14.2 Å². The van der Waals surface area contributed by atoms with Gasteiger partial charge in [-0.15, -0.1) is 4.41 Å². The number of hydrogen-bond donors (Lipinski definition) is 1. The zero-order valence-corrected chi connectivity index (χ0v) is 22.1. The van der Waals surface area contributed by atoms with E-state index in [1.54, 1.807) is 19.2 Å². The molecule has 1 amide bonds. The lowest BCUT2D eigenvalue weighted by Gasteiger charge is -2.40. The minimum atomic E-state index is -4.12. The highest BCUT2D eigenvalue weighted by atomic mass is 32.2. The van der Waals surface area contributed by atoms with Crippen molar-refractivity contribution in [2.75, 3.05) is 34.5 Å². The summed E-state index contributed by atoms with van der Waals surface area (Å²) in [5, 5.41) is 10.3. The standard InChI is InChI=1S/C26H34N2O8S/c1-27(28(26(31)36-16-15-34-2)22-6-4-5-19(17-22)18-25(29)30)37(32,33)24-13-9-21(10-14-24)20-7-11-23(35-3)12-8-20/h7-14,19,22H,4-6,15-18H2,1-3H3,(H,29,30). The van der Waals surface area contributed by atoms with Crippen molar-refractivity contribution >= 4 is 22.1 Å². The molecule has 37 heavy (non-hydrogen) atoms. The number of hydrogen-bond acceptors (Lipinski definition) is 7. The molecule has 11 heteroatoms. The molecule has 0 spiro atoms. The Morgan fingerprint density at radius 2 is 1.59 bits per heavy atom. The Morgan fingerprint density at radius 1 is 0.973 bits per heavy atom. The van der Waals surface area contributed by atoms with Crippen LogP contribution < -0.4 is 4.74 Å². The van der Waals surface area contributed by atoms with Gasteiger partial charge in [-0.1, -0.05) is 30.7 Å². The second-order valence-corrected chi connectivity index (χ2v) is 10.9. The van der Waals surface area contributed by atoms with E-state index in [-0.39, 0.29) is 30.4 Å². The topological polar surface area (TPSA) is 123 Å². The number of methoxy groups -OCH3 is 2. The van der Waals surface area contributed by atoms with Crippen molar-refractivity contribution < 1.29 is 37.3 Å². The molecule has 2 unspecified atom stereocenters. The number of carbonyl (C=O) groups is 2. The molecule has 10 nitrogen and oxygen atoms in total. The first-order valence-electron chi connectivity index (χ1n) is 12.1. The third-order valence-corrected chi connectivity index (χ3v) is 8.23. The first-order chi connectivity index (χ1) is 17.7. The first kappa shape index (κ1) is 28.4. The Bertz CT molecular complexity index is 1150. The number of aliphatic carboxylic acids is 1. The predicted octanol–water partition coefficient (Wildman–Crippen LogP) is 4.02. The van der Waals surface area contributed by atoms with Crippen LogP contribution in [0.3, 0.4) is 0 Å². The molecule has 0 saturated heterocycles. The lowest BCUT2D eigenvalue weighted by molar-refractivity contribution is -0.138. The van der Waals surface area contributed by atoms with Crippen molar-refractivity contribution in [3.63, 3.8) is 0 Å². The Hall–Kier alpha value is -3.15. The molecular formula is C26H34N2O8S. The molecule has 0 radical (unpaired) electrons. The van der Waals surface area contributed by atoms with Gasteiger partial charge in [0.05, 0.1) is 24.7 Å². The van der Waals surface area contributed by atoms with E-state index in [9.17, 15) is 23.1 Å². The number of carbonyl (C=O) groups excluding carboxylic acids is 1. The fraction of sp³-hybridized carbons (Fsp3) is 0.462. The fourth-order valence-electron chi connectivity index (χ4n) is 4.56. The molecule has 0 aromatic heterocycles. The van der Waals surface area contributed by atoms with E-state index >= 15 is 0 Å². The fourth-order valence-corrected chi connectivity index (χ4v) is 5.78. The van der Waals surface area contributed by atoms with E-state index in [0.717, 1.165) is 26.3 Å². The highest BCUT2D eigenvalue weighted by Gasteiger charge is 2.38. The van der Waals surface area contributed by atoms with Crippen molar-refractivity contribution in [1.82, 2.24) is 9.42 Å². The molecule has 1 N–H and O–H groups in total. The minimum Gasteiger partial charge on any atom is -0.497 e. The van der Waals surface area contributed by atoms with E-state index in [2.05, 4.69) is 0 Å². The summed E-state index contributed by atoms with van der Waals surface area (Å²) in [6, 6.07) is 13.3. The number of benzene rings is 2. The molecule has 1 saturated carbocycles. The van der Waals surface area contributed by atoms with Crippen LogP contribution in [-0.4, -0.2) is 75.5 Å². The lowest BCUT2D eigenvalue weighted by atomic mass is 9.83. The summed E-state index contributed by atoms with van der Waals surface area (Å²) in [5.74, 6) is -0.362. The Kier molecular flexibility index (Phi) is 9.90. The van der Waals surface area contributed by atoms with Gasteiger partial charge in [0, 0.05) is 20.6 Å². The molecule has 1 aliphatic rings. The number of carboxylic acid groups (broad SMARTS) is 1. The zero-order chi connectivity index (χ0) is 27.0. The lowest BCUT2D eigenvalue weighted by Crippen LogP contribution is -2.54. The van der Waals surface area contributed by atoms with E-state index in [0.29, 0.717) is 25.7 Å². The van der Waals surface area contributed by atoms with Crippen LogP contribution in [0.2, 0.25) is 0 Å². The van der Waals surface area contributed by atoms with Crippen molar-refractivity contribution in [2.45, 2.75) is 43.0 Å². The third kappa shape index (κ3) is 7.21. The summed E-state index contributed by atoms with van der Waals surface area (Å²) in [6.45, 7) is 0.122. The second kappa shape index (κ2) is 12.9. The van der Waals surface area contributed by atoms with E-state index in [1.165, 1.54) is 26.3 Å². The number of amides is 1. The summed E-state index contributed by atoms with van der Waals surface area (Å²) in [6.07, 6.45) is 1.42. The maximum Gasteiger partial charge on any atom is 0.425 e. The zero-order valence-electron chi connectivity index (χ0n) is 21.3. The minimum absolute atomic E-state index is 0.0137. The van der Waals surface area contributed by atoms with Crippen LogP contribution in [0.25, 0.3) is 11.1 Å². The van der Waals surface area contributed by atoms with Crippen molar-refractivity contribution in [3.05, 3.63) is 48.5 Å². The number of sulfonamides is 1. The predicted molar refractivity (Wildman–Crippen MR) is 136 cm³/mol. The largest absolute Gasteiger partial charge is 0.497 e. The number of rotatable bonds is 11. The van der Waals surface area contributed by atoms with Crippen LogP contribution >= 0.6 is 0 Å². The molecule has 1 fully saturated rings. The molecule has 0 aliphatic heterocycles. The summed E-state index contributed by atoms with van der Waals surface area (Å²) in [7, 11) is 0.241. The van der Waals surface area contributed by atoms with Gasteiger partial charge in [-0.2, -0.15) is 0 Å². The number of carboxylic acids is 1. The van der Waals surface area contributed by atoms with Crippen LogP contribution in [0.5, 0.6) is 5.75 Å². The average Bonchev–Trinajstić information content (AvgIpc) is 2.89. The van der Waals surface area contributed by atoms with Gasteiger partial charge >= 0.3 is 12.1 Å². The highest BCUT2D eigenvalue weighted by Crippen LogP contribution is 2.33. The number of hydrazine groups is 1. The van der Waals surface area contributed by atoms with Gasteiger partial charge in [-0.25, -0.2) is 18.2 Å². The van der Waals surface area contributed by atoms with Gasteiger partial charge in [0.25, 0.3) is 10.0 Å². The first-order valence-corrected chi connectivity index (χ1v) is 13.5. The maximum absolute atomic E-state index is 13.6. The molecule has 2 atom stereocenters. The number of ether oxygens (including phenoxy) is 3. The van der Waals surface area contributed by atoms with Gasteiger partial charge in [-0.3, -0.25) is 4.79 Å². The van der Waals surface area contributed by atoms with Crippen LogP contribution in [-0.2, 0) is 24.3 Å². The monoisotopic (exact) mass is 534 g/mol. The van der Waals surface area contributed by atoms with E-state index < -0.39 is 28.1 Å². The Labute approximate surface area is 217 Å². The highest BCUT2D eigenvalue weighted by molar-refractivity contribution is 7.89. The van der Waals surface area contributed by atoms with Gasteiger partial charge in [-0.05, 0) is 60.6 Å². The Morgan fingerprint density at radius 3 is 2.16 bits per heavy atom. The molecule has 2 aromatic carbocycles. The van der Waals surface area contributed by atoms with Gasteiger partial charge in [0.15, 0.2) is 0 Å². The maximum atomic E-state index is 13.6. The Balaban J connectivity index is 1.85. The van der Waals surface area contributed by atoms with Crippen molar-refractivity contribution in [2.24, 2.45) is 5.92 Å². The summed E-state index contributed by atoms with van der Waals surface area (Å²) in [4.78, 5) is 24.3. The summed E-state index contributed by atoms with van der Waals surface area (Å²) >= 11 is 0. The summed E-state index contributed by atoms with van der Waals surface area (Å²) in [5.41, 5.74) is 1.72. The number of nitrogens with zero attached hydrogens (tertiary/aromatic N) is 2. The van der Waals surface area contributed by atoms with Gasteiger partial charge < -0.3 is 19.3 Å².